The van der Waals surface area contributed by atoms with Gasteiger partial charge < -0.3 is 14.9 Å². The van der Waals surface area contributed by atoms with Gasteiger partial charge in [0.2, 0.25) is 0 Å². The first-order valence-electron chi connectivity index (χ1n) is 5.37. The van der Waals surface area contributed by atoms with Crippen molar-refractivity contribution in [1.82, 2.24) is 0 Å². The number of aryl methyl sites for hydroxylation is 2. The molecular weight excluding hydrogens is 202 g/mol. The first-order valence-corrected chi connectivity index (χ1v) is 5.37. The van der Waals surface area contributed by atoms with Crippen molar-refractivity contribution >= 4 is 11.0 Å². The molecule has 0 spiro atoms. The fraction of sp³-hybridized carbons (Fsp3) is 0.385. The molecule has 1 heterocycles. The molecule has 86 valence electrons. The summed E-state index contributed by atoms with van der Waals surface area (Å²) in [7, 11) is 1.65. The lowest BCUT2D eigenvalue weighted by atomic mass is 10.1. The molecule has 3 heteroatoms. The summed E-state index contributed by atoms with van der Waals surface area (Å²) in [5, 5.41) is 1.09. The highest BCUT2D eigenvalue weighted by Gasteiger charge is 2.16. The van der Waals surface area contributed by atoms with Gasteiger partial charge in [-0.25, -0.2) is 0 Å². The van der Waals surface area contributed by atoms with Crippen molar-refractivity contribution in [2.75, 3.05) is 7.11 Å². The van der Waals surface area contributed by atoms with Crippen LogP contribution in [0, 0.1) is 13.8 Å². The van der Waals surface area contributed by atoms with Crippen LogP contribution in [0.4, 0.5) is 0 Å². The molecule has 3 nitrogen and oxygen atoms in total. The number of ether oxygens (including phenoxy) is 1. The number of furan rings is 1. The molecule has 1 atom stereocenters. The fourth-order valence-corrected chi connectivity index (χ4v) is 2.03. The normalized spacial score (nSPS) is 13.1. The molecule has 0 unspecified atom stereocenters. The van der Waals surface area contributed by atoms with E-state index < -0.39 is 0 Å². The highest BCUT2D eigenvalue weighted by molar-refractivity contribution is 5.88. The Balaban J connectivity index is 2.80. The van der Waals surface area contributed by atoms with Crippen molar-refractivity contribution in [3.8, 4) is 5.75 Å². The molecule has 0 saturated heterocycles. The molecule has 0 aliphatic heterocycles. The molecule has 0 saturated carbocycles. The largest absolute Gasteiger partial charge is 0.493 e. The van der Waals surface area contributed by atoms with Crippen LogP contribution < -0.4 is 10.5 Å². The van der Waals surface area contributed by atoms with Crippen LogP contribution in [0.15, 0.2) is 16.5 Å². The molecule has 16 heavy (non-hydrogen) atoms. The summed E-state index contributed by atoms with van der Waals surface area (Å²) in [6.07, 6.45) is 0. The van der Waals surface area contributed by atoms with Crippen LogP contribution in [-0.4, -0.2) is 7.11 Å². The quantitative estimate of drug-likeness (QED) is 0.844. The number of methoxy groups -OCH3 is 1. The average molecular weight is 219 g/mol. The molecule has 0 bridgehead atoms. The summed E-state index contributed by atoms with van der Waals surface area (Å²) < 4.78 is 11.1. The minimum Gasteiger partial charge on any atom is -0.493 e. The summed E-state index contributed by atoms with van der Waals surface area (Å²) >= 11 is 0. The molecule has 0 aliphatic carbocycles. The predicted molar refractivity (Wildman–Crippen MR) is 64.8 cm³/mol. The first-order chi connectivity index (χ1) is 7.54. The van der Waals surface area contributed by atoms with E-state index in [9.17, 15) is 0 Å². The average Bonchev–Trinajstić information content (AvgIpc) is 2.55. The maximum atomic E-state index is 5.87. The molecule has 0 radical (unpaired) electrons. The van der Waals surface area contributed by atoms with Gasteiger partial charge in [0.05, 0.1) is 13.2 Å². The van der Waals surface area contributed by atoms with E-state index >= 15 is 0 Å². The molecule has 1 aromatic carbocycles. The number of rotatable bonds is 2. The lowest BCUT2D eigenvalue weighted by Crippen LogP contribution is -2.04. The predicted octanol–water partition coefficient (Wildman–Crippen LogP) is 3.08. The van der Waals surface area contributed by atoms with Gasteiger partial charge in [-0.1, -0.05) is 0 Å². The number of fused-ring (bicyclic) bond motifs is 1. The summed E-state index contributed by atoms with van der Waals surface area (Å²) in [5.41, 5.74) is 8.92. The van der Waals surface area contributed by atoms with Gasteiger partial charge in [0.1, 0.15) is 5.76 Å². The van der Waals surface area contributed by atoms with Gasteiger partial charge >= 0.3 is 0 Å². The summed E-state index contributed by atoms with van der Waals surface area (Å²) in [6.45, 7) is 5.99. The Labute approximate surface area is 95.2 Å². The summed E-state index contributed by atoms with van der Waals surface area (Å²) in [5.74, 6) is 1.60. The van der Waals surface area contributed by atoms with Crippen molar-refractivity contribution in [1.29, 1.82) is 0 Å². The Morgan fingerprint density at radius 3 is 2.56 bits per heavy atom. The molecule has 0 fully saturated rings. The Morgan fingerprint density at radius 2 is 2.00 bits per heavy atom. The summed E-state index contributed by atoms with van der Waals surface area (Å²) in [4.78, 5) is 0. The van der Waals surface area contributed by atoms with Crippen molar-refractivity contribution in [2.45, 2.75) is 26.8 Å². The lowest BCUT2D eigenvalue weighted by Gasteiger charge is -2.02. The van der Waals surface area contributed by atoms with Crippen molar-refractivity contribution in [3.63, 3.8) is 0 Å². The topological polar surface area (TPSA) is 48.4 Å². The number of benzene rings is 1. The number of hydrogen-bond acceptors (Lipinski definition) is 3. The van der Waals surface area contributed by atoms with E-state index in [0.717, 1.165) is 33.6 Å². The number of hydrogen-bond donors (Lipinski definition) is 1. The Hall–Kier alpha value is -1.48. The van der Waals surface area contributed by atoms with Crippen LogP contribution in [-0.2, 0) is 0 Å². The SMILES string of the molecule is COc1cc(C)cc2c(C)c([C@H](C)N)oc12. The lowest BCUT2D eigenvalue weighted by molar-refractivity contribution is 0.405. The monoisotopic (exact) mass is 219 g/mol. The number of nitrogens with two attached hydrogens (primary N) is 1. The second-order valence-electron chi connectivity index (χ2n) is 4.22. The van der Waals surface area contributed by atoms with E-state index in [0.29, 0.717) is 0 Å². The highest BCUT2D eigenvalue weighted by atomic mass is 16.5. The molecule has 0 aliphatic rings. The molecule has 1 aromatic heterocycles. The van der Waals surface area contributed by atoms with E-state index in [2.05, 4.69) is 6.07 Å². The van der Waals surface area contributed by atoms with Gasteiger partial charge in [-0.05, 0) is 38.5 Å². The smallest absolute Gasteiger partial charge is 0.176 e. The van der Waals surface area contributed by atoms with E-state index in [1.807, 2.05) is 26.8 Å². The van der Waals surface area contributed by atoms with Crippen molar-refractivity contribution in [3.05, 3.63) is 29.0 Å². The molecule has 2 aromatic rings. The minimum absolute atomic E-state index is 0.0996. The fourth-order valence-electron chi connectivity index (χ4n) is 2.03. The minimum atomic E-state index is -0.0996. The second kappa shape index (κ2) is 3.83. The van der Waals surface area contributed by atoms with Crippen LogP contribution in [0.25, 0.3) is 11.0 Å². The first kappa shape index (κ1) is 11.0. The second-order valence-corrected chi connectivity index (χ2v) is 4.22. The third-order valence-corrected chi connectivity index (χ3v) is 2.82. The molecular formula is C13H17NO2. The Bertz CT molecular complexity index is 526. The van der Waals surface area contributed by atoms with Crippen LogP contribution in [0.2, 0.25) is 0 Å². The van der Waals surface area contributed by atoms with Gasteiger partial charge in [-0.3, -0.25) is 0 Å². The van der Waals surface area contributed by atoms with E-state index in [-0.39, 0.29) is 6.04 Å². The highest BCUT2D eigenvalue weighted by Crippen LogP contribution is 2.35. The van der Waals surface area contributed by atoms with Crippen LogP contribution in [0.1, 0.15) is 29.9 Å². The van der Waals surface area contributed by atoms with Crippen LogP contribution in [0.5, 0.6) is 5.75 Å². The third-order valence-electron chi connectivity index (χ3n) is 2.82. The zero-order valence-electron chi connectivity index (χ0n) is 10.1. The molecule has 0 amide bonds. The zero-order chi connectivity index (χ0) is 11.9. The van der Waals surface area contributed by atoms with Gasteiger partial charge in [0.25, 0.3) is 0 Å². The van der Waals surface area contributed by atoms with Gasteiger partial charge in [0.15, 0.2) is 11.3 Å². The van der Waals surface area contributed by atoms with Gasteiger partial charge in [0, 0.05) is 10.9 Å². The van der Waals surface area contributed by atoms with Crippen LogP contribution in [0.3, 0.4) is 0 Å². The van der Waals surface area contributed by atoms with Gasteiger partial charge in [-0.15, -0.1) is 0 Å². The summed E-state index contributed by atoms with van der Waals surface area (Å²) in [6, 6.07) is 3.97. The maximum absolute atomic E-state index is 5.87. The molecule has 2 rings (SSSR count). The van der Waals surface area contributed by atoms with Crippen molar-refractivity contribution in [2.24, 2.45) is 5.73 Å². The van der Waals surface area contributed by atoms with E-state index in [4.69, 9.17) is 14.9 Å². The Kier molecular flexibility index (Phi) is 2.64. The Morgan fingerprint density at radius 1 is 1.31 bits per heavy atom. The van der Waals surface area contributed by atoms with E-state index in [1.165, 1.54) is 0 Å². The maximum Gasteiger partial charge on any atom is 0.176 e. The van der Waals surface area contributed by atoms with E-state index in [1.54, 1.807) is 7.11 Å². The third kappa shape index (κ3) is 1.57. The van der Waals surface area contributed by atoms with Gasteiger partial charge in [-0.2, -0.15) is 0 Å². The standard InChI is InChI=1S/C13H17NO2/c1-7-5-10-8(2)12(9(3)14)16-13(10)11(6-7)15-4/h5-6,9H,14H2,1-4H3/t9-/m0/s1. The zero-order valence-corrected chi connectivity index (χ0v) is 10.1. The molecule has 2 N–H and O–H groups in total. The van der Waals surface area contributed by atoms with Crippen molar-refractivity contribution < 1.29 is 9.15 Å². The van der Waals surface area contributed by atoms with Crippen LogP contribution >= 0.6 is 0 Å².